The van der Waals surface area contributed by atoms with Gasteiger partial charge in [-0.15, -0.1) is 0 Å². The second-order valence-electron chi connectivity index (χ2n) is 8.00. The fourth-order valence-corrected chi connectivity index (χ4v) is 5.55. The summed E-state index contributed by atoms with van der Waals surface area (Å²) in [6, 6.07) is 0. The number of carbonyl (C=O) groups excluding carboxylic acids is 1. The van der Waals surface area contributed by atoms with E-state index in [9.17, 15) is 4.79 Å². The highest BCUT2D eigenvalue weighted by atomic mass is 33.1. The number of amides is 1. The Morgan fingerprint density at radius 3 is 2.23 bits per heavy atom. The minimum absolute atomic E-state index is 0.0228. The van der Waals surface area contributed by atoms with Crippen molar-refractivity contribution in [3.05, 3.63) is 0 Å². The van der Waals surface area contributed by atoms with Gasteiger partial charge < -0.3 is 19.5 Å². The molecule has 1 saturated heterocycles. The first kappa shape index (κ1) is 28.1. The molecule has 1 rings (SSSR count). The number of methoxy groups -OCH3 is 1. The first-order valence-corrected chi connectivity index (χ1v) is 14.5. The van der Waals surface area contributed by atoms with Gasteiger partial charge in [-0.2, -0.15) is 0 Å². The molecule has 1 N–H and O–H groups in total. The van der Waals surface area contributed by atoms with Crippen molar-refractivity contribution in [3.63, 3.8) is 0 Å². The van der Waals surface area contributed by atoms with Crippen molar-refractivity contribution < 1.29 is 19.0 Å². The molecule has 2 atom stereocenters. The van der Waals surface area contributed by atoms with Crippen LogP contribution in [0.1, 0.15) is 84.0 Å². The zero-order chi connectivity index (χ0) is 21.7. The Hall–Kier alpha value is 0.0500. The van der Waals surface area contributed by atoms with Crippen molar-refractivity contribution in [2.24, 2.45) is 0 Å². The summed E-state index contributed by atoms with van der Waals surface area (Å²) in [6.07, 6.45) is 15.3. The molecule has 0 saturated carbocycles. The predicted octanol–water partition coefficient (Wildman–Crippen LogP) is 5.62. The van der Waals surface area contributed by atoms with Crippen LogP contribution in [0.4, 0.5) is 0 Å². The molecule has 0 radical (unpaired) electrons. The first-order chi connectivity index (χ1) is 14.8. The van der Waals surface area contributed by atoms with Gasteiger partial charge in [0.1, 0.15) is 12.2 Å². The molecule has 0 aromatic rings. The predicted molar refractivity (Wildman–Crippen MR) is 130 cm³/mol. The van der Waals surface area contributed by atoms with Gasteiger partial charge >= 0.3 is 0 Å². The Labute approximate surface area is 192 Å². The average molecular weight is 464 g/mol. The van der Waals surface area contributed by atoms with Crippen molar-refractivity contribution in [3.8, 4) is 0 Å². The average Bonchev–Trinajstić information content (AvgIpc) is 3.21. The lowest BCUT2D eigenvalue weighted by Crippen LogP contribution is -2.30. The van der Waals surface area contributed by atoms with Crippen molar-refractivity contribution >= 4 is 27.5 Å². The van der Waals surface area contributed by atoms with Gasteiger partial charge in [-0.3, -0.25) is 4.79 Å². The molecule has 0 aromatic heterocycles. The minimum Gasteiger partial charge on any atom is -0.376 e. The molecule has 0 aliphatic carbocycles. The molecule has 1 aliphatic heterocycles. The highest BCUT2D eigenvalue weighted by molar-refractivity contribution is 8.76. The first-order valence-electron chi connectivity index (χ1n) is 12.0. The summed E-state index contributed by atoms with van der Waals surface area (Å²) in [6.45, 7) is 4.76. The van der Waals surface area contributed by atoms with Gasteiger partial charge in [0, 0.05) is 38.2 Å². The Morgan fingerprint density at radius 2 is 1.53 bits per heavy atom. The lowest BCUT2D eigenvalue weighted by atomic mass is 10.1. The summed E-state index contributed by atoms with van der Waals surface area (Å²) in [5, 5.41) is 2.98. The Bertz CT molecular complexity index is 401. The van der Waals surface area contributed by atoms with Crippen LogP contribution in [-0.2, 0) is 19.0 Å². The van der Waals surface area contributed by atoms with Gasteiger partial charge in [-0.25, -0.2) is 0 Å². The molecule has 0 spiro atoms. The molecule has 30 heavy (non-hydrogen) atoms. The number of carbonyl (C=O) groups is 1. The van der Waals surface area contributed by atoms with E-state index in [1.807, 2.05) is 21.6 Å². The van der Waals surface area contributed by atoms with Crippen LogP contribution in [0.2, 0.25) is 0 Å². The highest BCUT2D eigenvalue weighted by Gasteiger charge is 2.28. The van der Waals surface area contributed by atoms with E-state index >= 15 is 0 Å². The van der Waals surface area contributed by atoms with Crippen LogP contribution >= 0.6 is 21.6 Å². The molecule has 7 heteroatoms. The summed E-state index contributed by atoms with van der Waals surface area (Å²) in [7, 11) is 5.43. The van der Waals surface area contributed by atoms with Crippen LogP contribution in [0.5, 0.6) is 0 Å². The number of rotatable bonds is 21. The summed E-state index contributed by atoms with van der Waals surface area (Å²) in [4.78, 5) is 11.9. The third kappa shape index (κ3) is 15.8. The van der Waals surface area contributed by atoms with Crippen molar-refractivity contribution in [1.82, 2.24) is 5.32 Å². The number of ether oxygens (including phenoxy) is 3. The number of hydrogen-bond acceptors (Lipinski definition) is 6. The third-order valence-corrected chi connectivity index (χ3v) is 7.83. The van der Waals surface area contributed by atoms with E-state index in [0.29, 0.717) is 32.8 Å². The summed E-state index contributed by atoms with van der Waals surface area (Å²) in [5.41, 5.74) is 0. The Morgan fingerprint density at radius 1 is 0.900 bits per heavy atom. The lowest BCUT2D eigenvalue weighted by molar-refractivity contribution is -0.120. The number of nitrogens with one attached hydrogen (secondary N) is 1. The maximum atomic E-state index is 11.9. The van der Waals surface area contributed by atoms with Crippen molar-refractivity contribution in [2.45, 2.75) is 96.2 Å². The molecule has 1 aliphatic rings. The zero-order valence-corrected chi connectivity index (χ0v) is 21.0. The van der Waals surface area contributed by atoms with Gasteiger partial charge in [0.05, 0.1) is 13.2 Å². The van der Waals surface area contributed by atoms with E-state index < -0.39 is 0 Å². The third-order valence-electron chi connectivity index (χ3n) is 5.33. The summed E-state index contributed by atoms with van der Waals surface area (Å²) in [5.74, 6) is 2.23. The topological polar surface area (TPSA) is 56.8 Å². The van der Waals surface area contributed by atoms with Crippen LogP contribution in [0.15, 0.2) is 0 Å². The number of hydrogen-bond donors (Lipinski definition) is 1. The smallest absolute Gasteiger partial charge is 0.220 e. The van der Waals surface area contributed by atoms with E-state index in [1.165, 1.54) is 70.0 Å². The maximum Gasteiger partial charge on any atom is 0.220 e. The molecular formula is C23H45NO4S2. The monoisotopic (exact) mass is 463 g/mol. The highest BCUT2D eigenvalue weighted by Crippen LogP contribution is 2.23. The van der Waals surface area contributed by atoms with Gasteiger partial charge in [-0.1, -0.05) is 86.3 Å². The summed E-state index contributed by atoms with van der Waals surface area (Å²) >= 11 is 0. The molecule has 1 fully saturated rings. The fourth-order valence-electron chi connectivity index (χ4n) is 3.41. The quantitative estimate of drug-likeness (QED) is 0.176. The van der Waals surface area contributed by atoms with Crippen LogP contribution in [0.3, 0.4) is 0 Å². The molecular weight excluding hydrogens is 418 g/mol. The van der Waals surface area contributed by atoms with Crippen molar-refractivity contribution in [2.75, 3.05) is 45.0 Å². The Balaban J connectivity index is 1.76. The summed E-state index contributed by atoms with van der Waals surface area (Å²) < 4.78 is 16.4. The zero-order valence-electron chi connectivity index (χ0n) is 19.3. The van der Waals surface area contributed by atoms with E-state index in [1.54, 1.807) is 7.11 Å². The fraction of sp³-hybridized carbons (Fsp3) is 0.957. The number of unbranched alkanes of at least 4 members (excludes halogenated alkanes) is 9. The standard InChI is InChI=1S/C23H45NO4S2/c1-3-4-5-6-7-8-9-10-11-12-17-29-30-18-14-23(25)24-15-13-16-28-22-20-27-19-21(22)26-2/h21-22H,3-20H2,1-2H3,(H,24,25). The molecule has 1 amide bonds. The van der Waals surface area contributed by atoms with Crippen LogP contribution in [0, 0.1) is 0 Å². The molecule has 178 valence electrons. The van der Waals surface area contributed by atoms with E-state index in [-0.39, 0.29) is 18.1 Å². The lowest BCUT2D eigenvalue weighted by Gasteiger charge is -2.16. The normalized spacial score (nSPS) is 18.7. The van der Waals surface area contributed by atoms with E-state index in [4.69, 9.17) is 14.2 Å². The molecule has 0 aromatic carbocycles. The minimum atomic E-state index is 0.0228. The van der Waals surface area contributed by atoms with Gasteiger partial charge in [0.2, 0.25) is 5.91 Å². The van der Waals surface area contributed by atoms with E-state index in [0.717, 1.165) is 12.2 Å². The second kappa shape index (κ2) is 20.9. The molecule has 0 bridgehead atoms. The van der Waals surface area contributed by atoms with Crippen molar-refractivity contribution in [1.29, 1.82) is 0 Å². The molecule has 5 nitrogen and oxygen atoms in total. The second-order valence-corrected chi connectivity index (χ2v) is 10.7. The van der Waals surface area contributed by atoms with Gasteiger partial charge in [-0.05, 0) is 12.8 Å². The molecule has 1 heterocycles. The van der Waals surface area contributed by atoms with Gasteiger partial charge in [0.15, 0.2) is 0 Å². The molecule has 2 unspecified atom stereocenters. The maximum absolute atomic E-state index is 11.9. The Kier molecular flexibility index (Phi) is 19.6. The van der Waals surface area contributed by atoms with Crippen LogP contribution in [-0.4, -0.2) is 63.1 Å². The SMILES string of the molecule is CCCCCCCCCCCCSSCCC(=O)NCCCOC1COCC1OC. The largest absolute Gasteiger partial charge is 0.376 e. The van der Waals surface area contributed by atoms with Crippen LogP contribution in [0.25, 0.3) is 0 Å². The van der Waals surface area contributed by atoms with E-state index in [2.05, 4.69) is 12.2 Å². The van der Waals surface area contributed by atoms with Gasteiger partial charge in [0.25, 0.3) is 0 Å². The van der Waals surface area contributed by atoms with Crippen LogP contribution < -0.4 is 5.32 Å².